The minimum Gasteiger partial charge on any atom is -0.367 e. The van der Waals surface area contributed by atoms with Crippen molar-refractivity contribution in [3.05, 3.63) is 87.6 Å². The Morgan fingerprint density at radius 2 is 1.59 bits per heavy atom. The lowest BCUT2D eigenvalue weighted by Crippen LogP contribution is -2.46. The Labute approximate surface area is 172 Å². The minimum absolute atomic E-state index is 0.101. The van der Waals surface area contributed by atoms with Crippen LogP contribution in [0.1, 0.15) is 31.2 Å². The summed E-state index contributed by atoms with van der Waals surface area (Å²) in [6.45, 7) is 0.810. The first-order valence-electron chi connectivity index (χ1n) is 9.51. The van der Waals surface area contributed by atoms with Crippen LogP contribution in [0, 0.1) is 0 Å². The Balaban J connectivity index is 1.50. The van der Waals surface area contributed by atoms with Crippen molar-refractivity contribution in [2.45, 2.75) is 6.04 Å². The second kappa shape index (κ2) is 6.97. The highest BCUT2D eigenvalue weighted by Gasteiger charge is 2.37. The van der Waals surface area contributed by atoms with Gasteiger partial charge in [0.15, 0.2) is 0 Å². The molecule has 5 rings (SSSR count). The fourth-order valence-electron chi connectivity index (χ4n) is 4.00. The van der Waals surface area contributed by atoms with E-state index in [0.29, 0.717) is 24.2 Å². The molecule has 144 valence electrons. The van der Waals surface area contributed by atoms with E-state index in [1.54, 1.807) is 35.6 Å². The molecule has 3 heterocycles. The highest BCUT2D eigenvalue weighted by atomic mass is 32.1. The van der Waals surface area contributed by atoms with Gasteiger partial charge in [0.2, 0.25) is 0 Å². The first-order chi connectivity index (χ1) is 14.1. The molecule has 0 fully saturated rings. The Morgan fingerprint density at radius 1 is 0.931 bits per heavy atom. The van der Waals surface area contributed by atoms with Crippen molar-refractivity contribution in [1.82, 2.24) is 4.90 Å². The Hall–Kier alpha value is -3.25. The summed E-state index contributed by atoms with van der Waals surface area (Å²) in [4.78, 5) is 35.2. The highest BCUT2D eigenvalue weighted by molar-refractivity contribution is 7.12. The van der Waals surface area contributed by atoms with Gasteiger partial charge in [-0.25, -0.2) is 0 Å². The van der Waals surface area contributed by atoms with Crippen LogP contribution in [0.15, 0.2) is 71.0 Å². The largest absolute Gasteiger partial charge is 0.367 e. The van der Waals surface area contributed by atoms with Gasteiger partial charge in [0.25, 0.3) is 11.8 Å². The van der Waals surface area contributed by atoms with Crippen molar-refractivity contribution in [3.63, 3.8) is 0 Å². The van der Waals surface area contributed by atoms with Crippen LogP contribution in [0.3, 0.4) is 0 Å². The van der Waals surface area contributed by atoms with E-state index in [1.165, 1.54) is 4.90 Å². The minimum atomic E-state index is -0.223. The molecule has 0 N–H and O–H groups in total. The molecule has 5 nitrogen and oxygen atoms in total. The predicted octanol–water partition coefficient (Wildman–Crippen LogP) is 3.70. The number of amides is 2. The maximum absolute atomic E-state index is 12.8. The lowest BCUT2D eigenvalue weighted by atomic mass is 10.1. The van der Waals surface area contributed by atoms with Crippen molar-refractivity contribution >= 4 is 34.6 Å². The fourth-order valence-corrected chi connectivity index (χ4v) is 4.75. The number of para-hydroxylation sites is 1. The molecule has 0 aliphatic carbocycles. The molecule has 0 radical (unpaired) electrons. The third-order valence-electron chi connectivity index (χ3n) is 5.57. The van der Waals surface area contributed by atoms with Gasteiger partial charge < -0.3 is 4.90 Å². The Bertz CT molecular complexity index is 1100. The lowest BCUT2D eigenvalue weighted by Gasteiger charge is -2.31. The van der Waals surface area contributed by atoms with Gasteiger partial charge in [-0.3, -0.25) is 19.5 Å². The molecule has 2 aliphatic rings. The van der Waals surface area contributed by atoms with E-state index in [1.807, 2.05) is 30.6 Å². The highest BCUT2D eigenvalue weighted by Crippen LogP contribution is 2.30. The molecule has 0 bridgehead atoms. The van der Waals surface area contributed by atoms with E-state index in [2.05, 4.69) is 23.1 Å². The number of carbonyl (C=O) groups is 2. The van der Waals surface area contributed by atoms with Gasteiger partial charge in [-0.15, -0.1) is 11.3 Å². The maximum atomic E-state index is 12.8. The monoisotopic (exact) mass is 401 g/mol. The van der Waals surface area contributed by atoms with E-state index in [4.69, 9.17) is 4.99 Å². The number of likely N-dealkylation sites (N-methyl/N-ethyl adjacent to an activating group) is 1. The topological polar surface area (TPSA) is 53.0 Å². The average molecular weight is 401 g/mol. The molecule has 2 aliphatic heterocycles. The van der Waals surface area contributed by atoms with E-state index in [9.17, 15) is 9.59 Å². The first kappa shape index (κ1) is 17.8. The van der Waals surface area contributed by atoms with Crippen LogP contribution in [0.5, 0.6) is 0 Å². The molecule has 0 saturated carbocycles. The van der Waals surface area contributed by atoms with Gasteiger partial charge in [-0.05, 0) is 29.6 Å². The smallest absolute Gasteiger partial charge is 0.261 e. The van der Waals surface area contributed by atoms with Crippen LogP contribution in [-0.4, -0.2) is 48.6 Å². The zero-order chi connectivity index (χ0) is 20.0. The number of benzene rings is 2. The van der Waals surface area contributed by atoms with Crippen LogP contribution in [0.4, 0.5) is 5.69 Å². The molecule has 3 aromatic rings. The number of fused-ring (bicyclic) bond motifs is 2. The van der Waals surface area contributed by atoms with Gasteiger partial charge >= 0.3 is 0 Å². The summed E-state index contributed by atoms with van der Waals surface area (Å²) in [5, 5.41) is 2.05. The van der Waals surface area contributed by atoms with Crippen molar-refractivity contribution in [2.24, 2.45) is 4.99 Å². The Kier molecular flexibility index (Phi) is 4.28. The second-order valence-electron chi connectivity index (χ2n) is 7.21. The molecule has 0 spiro atoms. The van der Waals surface area contributed by atoms with Gasteiger partial charge in [0.1, 0.15) is 0 Å². The zero-order valence-electron chi connectivity index (χ0n) is 15.9. The van der Waals surface area contributed by atoms with Crippen LogP contribution in [0.25, 0.3) is 0 Å². The molecule has 0 saturated heterocycles. The van der Waals surface area contributed by atoms with E-state index in [-0.39, 0.29) is 17.9 Å². The van der Waals surface area contributed by atoms with Crippen molar-refractivity contribution in [2.75, 3.05) is 25.0 Å². The third kappa shape index (κ3) is 2.87. The number of imide groups is 1. The zero-order valence-corrected chi connectivity index (χ0v) is 16.7. The standard InChI is InChI=1S/C23H19N3O2S/c1-25-15(14-26-22(27)16-7-2-3-8-17(16)23(26)28)13-24-21(20-11-6-12-29-20)18-9-4-5-10-19(18)25/h2-12,15H,13-14H2,1H3. The van der Waals surface area contributed by atoms with Gasteiger partial charge in [-0.2, -0.15) is 0 Å². The first-order valence-corrected chi connectivity index (χ1v) is 10.4. The molecule has 1 atom stereocenters. The van der Waals surface area contributed by atoms with Crippen LogP contribution in [-0.2, 0) is 0 Å². The summed E-state index contributed by atoms with van der Waals surface area (Å²) in [6.07, 6.45) is 0. The average Bonchev–Trinajstić information content (AvgIpc) is 3.33. The number of hydrogen-bond donors (Lipinski definition) is 0. The molecule has 6 heteroatoms. The van der Waals surface area contributed by atoms with Crippen LogP contribution in [0.2, 0.25) is 0 Å². The van der Waals surface area contributed by atoms with Crippen molar-refractivity contribution in [3.8, 4) is 0 Å². The molecular weight excluding hydrogens is 382 g/mol. The fraction of sp³-hybridized carbons (Fsp3) is 0.174. The number of anilines is 1. The summed E-state index contributed by atoms with van der Waals surface area (Å²) in [6, 6.07) is 19.2. The summed E-state index contributed by atoms with van der Waals surface area (Å²) in [5.41, 5.74) is 4.06. The maximum Gasteiger partial charge on any atom is 0.261 e. The third-order valence-corrected chi connectivity index (χ3v) is 6.45. The van der Waals surface area contributed by atoms with E-state index in [0.717, 1.165) is 21.8 Å². The van der Waals surface area contributed by atoms with Crippen molar-refractivity contribution in [1.29, 1.82) is 0 Å². The number of thiophene rings is 1. The molecular formula is C23H19N3O2S. The Morgan fingerprint density at radius 3 is 2.24 bits per heavy atom. The normalized spacial score (nSPS) is 18.4. The van der Waals surface area contributed by atoms with Crippen LogP contribution < -0.4 is 4.90 Å². The van der Waals surface area contributed by atoms with Gasteiger partial charge in [-0.1, -0.05) is 36.4 Å². The SMILES string of the molecule is CN1c2ccccc2C(c2cccs2)=NCC1CN1C(=O)c2ccccc2C1=O. The van der Waals surface area contributed by atoms with Crippen LogP contribution >= 0.6 is 11.3 Å². The molecule has 2 aromatic carbocycles. The number of rotatable bonds is 3. The van der Waals surface area contributed by atoms with E-state index >= 15 is 0 Å². The number of nitrogens with zero attached hydrogens (tertiary/aromatic N) is 3. The molecule has 2 amide bonds. The number of aliphatic imine (C=N–C) groups is 1. The van der Waals surface area contributed by atoms with Gasteiger partial charge in [0, 0.05) is 18.3 Å². The lowest BCUT2D eigenvalue weighted by molar-refractivity contribution is 0.0645. The van der Waals surface area contributed by atoms with E-state index < -0.39 is 0 Å². The van der Waals surface area contributed by atoms with Crippen molar-refractivity contribution < 1.29 is 9.59 Å². The molecule has 29 heavy (non-hydrogen) atoms. The molecule has 1 unspecified atom stereocenters. The molecule has 1 aromatic heterocycles. The number of benzodiazepines with no additional fused rings is 1. The summed E-state index contributed by atoms with van der Waals surface area (Å²) < 4.78 is 0. The summed E-state index contributed by atoms with van der Waals surface area (Å²) in [7, 11) is 2.01. The quantitative estimate of drug-likeness (QED) is 0.629. The second-order valence-corrected chi connectivity index (χ2v) is 8.16. The van der Waals surface area contributed by atoms with Gasteiger partial charge in [0.05, 0.1) is 40.8 Å². The summed E-state index contributed by atoms with van der Waals surface area (Å²) in [5.74, 6) is -0.446. The predicted molar refractivity (Wildman–Crippen MR) is 115 cm³/mol. The summed E-state index contributed by atoms with van der Waals surface area (Å²) >= 11 is 1.66. The number of carbonyl (C=O) groups excluding carboxylic acids is 2. The number of hydrogen-bond acceptors (Lipinski definition) is 5.